The van der Waals surface area contributed by atoms with Crippen molar-refractivity contribution in [1.82, 2.24) is 4.98 Å². The summed E-state index contributed by atoms with van der Waals surface area (Å²) in [4.78, 5) is 25.4. The van der Waals surface area contributed by atoms with Crippen LogP contribution in [-0.2, 0) is 11.2 Å². The van der Waals surface area contributed by atoms with Crippen molar-refractivity contribution in [3.63, 3.8) is 0 Å². The maximum atomic E-state index is 11.0. The topological polar surface area (TPSA) is 469 Å². The number of ether oxygens (including phenoxy) is 1. The van der Waals surface area contributed by atoms with Crippen molar-refractivity contribution in [2.24, 2.45) is 10.2 Å². The molecule has 0 amide bonds. The van der Waals surface area contributed by atoms with E-state index >= 15 is 0 Å². The summed E-state index contributed by atoms with van der Waals surface area (Å²) in [5.41, 5.74) is 59.1. The van der Waals surface area contributed by atoms with Crippen LogP contribution in [0.4, 0.5) is 68.5 Å². The van der Waals surface area contributed by atoms with Crippen molar-refractivity contribution in [3.8, 4) is 34.5 Å². The summed E-state index contributed by atoms with van der Waals surface area (Å²) in [5.74, 6) is 0.291. The minimum absolute atomic E-state index is 0.0721. The minimum atomic E-state index is -1.06. The maximum absolute atomic E-state index is 11.0. The van der Waals surface area contributed by atoms with Crippen molar-refractivity contribution in [2.75, 3.05) is 71.1 Å². The van der Waals surface area contributed by atoms with E-state index in [4.69, 9.17) is 87.3 Å². The van der Waals surface area contributed by atoms with Crippen LogP contribution in [-0.4, -0.2) is 66.8 Å². The molecule has 0 aliphatic heterocycles. The molecular weight excluding hydrogens is 1160 g/mol. The van der Waals surface area contributed by atoms with E-state index in [2.05, 4.69) is 25.3 Å². The zero-order chi connectivity index (χ0) is 68.0. The average Bonchev–Trinajstić information content (AvgIpc) is 3.75. The predicted octanol–water partition coefficient (Wildman–Crippen LogP) is 12.5. The number of anilines is 10. The second-order valence-corrected chi connectivity index (χ2v) is 18.9. The Kier molecular flexibility index (Phi) is 32.7. The number of pyridine rings is 1. The molecule has 0 saturated carbocycles. The summed E-state index contributed by atoms with van der Waals surface area (Å²) in [5, 5.41) is 73.2. The third-order valence-corrected chi connectivity index (χ3v) is 11.7. The zero-order valence-electron chi connectivity index (χ0n) is 51.3. The smallest absolute Gasteiger partial charge is 0.337 e. The van der Waals surface area contributed by atoms with Crippen molar-refractivity contribution >= 4 is 80.4 Å². The molecule has 478 valence electrons. The Hall–Kier alpha value is -12.5. The van der Waals surface area contributed by atoms with Gasteiger partial charge in [0.05, 0.1) is 46.7 Å². The van der Waals surface area contributed by atoms with Gasteiger partial charge in [0.25, 0.3) is 0 Å². The Morgan fingerprint density at radius 1 is 0.484 bits per heavy atom. The second kappa shape index (κ2) is 40.0. The summed E-state index contributed by atoms with van der Waals surface area (Å²) in [6, 6.07) is 59.8. The highest BCUT2D eigenvalue weighted by atomic mass is 16.5. The summed E-state index contributed by atoms with van der Waals surface area (Å²) in [6.07, 6.45) is 0.924. The molecule has 0 spiro atoms. The van der Waals surface area contributed by atoms with Gasteiger partial charge in [0.1, 0.15) is 46.0 Å². The van der Waals surface area contributed by atoms with Crippen LogP contribution in [0.5, 0.6) is 34.5 Å². The molecule has 23 heteroatoms. The number of azo groups is 1. The number of carbonyl (C=O) groups excluding carboxylic acids is 1. The number of hydrogen-bond donors (Lipinski definition) is 17. The van der Waals surface area contributed by atoms with E-state index in [1.165, 1.54) is 31.4 Å². The average molecular weight is 1240 g/mol. The number of nitrogens with two attached hydrogens (primary N) is 9. The Balaban J connectivity index is 0.000000352. The van der Waals surface area contributed by atoms with Gasteiger partial charge in [-0.1, -0.05) is 67.6 Å². The number of esters is 1. The number of carboxylic acid groups (broad SMARTS) is 1. The van der Waals surface area contributed by atoms with Gasteiger partial charge in [0, 0.05) is 29.8 Å². The number of carboxylic acids is 1. The lowest BCUT2D eigenvalue weighted by Crippen LogP contribution is -2.03. The maximum Gasteiger partial charge on any atom is 0.337 e. The minimum Gasteiger partial charge on any atom is -0.508 e. The number of nitrogens with one attached hydrogen (secondary N) is 1. The molecule has 0 radical (unpaired) electrons. The normalized spacial score (nSPS) is 9.56. The fourth-order valence-corrected chi connectivity index (χ4v) is 6.49. The molecule has 10 aromatic rings. The number of aryl methyl sites for hydroxylation is 4. The largest absolute Gasteiger partial charge is 0.508 e. The fraction of sp³-hybridized carbons (Fsp3) is 0.103. The number of nitrogens with zero attached hydrogens (tertiary/aromatic N) is 3. The van der Waals surface area contributed by atoms with E-state index in [1.54, 1.807) is 121 Å². The number of aromatic carboxylic acids is 1. The van der Waals surface area contributed by atoms with Gasteiger partial charge in [-0.3, -0.25) is 0 Å². The first-order valence-electron chi connectivity index (χ1n) is 27.4. The zero-order valence-corrected chi connectivity index (χ0v) is 51.3. The molecule has 0 bridgehead atoms. The van der Waals surface area contributed by atoms with E-state index in [0.717, 1.165) is 51.4 Å². The van der Waals surface area contributed by atoms with Crippen molar-refractivity contribution < 1.29 is 50.1 Å². The van der Waals surface area contributed by atoms with Crippen molar-refractivity contribution in [2.45, 2.75) is 34.1 Å². The lowest BCUT2D eigenvalue weighted by Gasteiger charge is -1.99. The van der Waals surface area contributed by atoms with Crippen LogP contribution >= 0.6 is 0 Å². The predicted molar refractivity (Wildman–Crippen MR) is 368 cm³/mol. The first kappa shape index (κ1) is 74.6. The van der Waals surface area contributed by atoms with Crippen LogP contribution in [0.2, 0.25) is 0 Å². The Labute approximate surface area is 529 Å². The third kappa shape index (κ3) is 29.9. The van der Waals surface area contributed by atoms with E-state index in [9.17, 15) is 9.59 Å². The molecule has 0 saturated heterocycles. The molecule has 91 heavy (non-hydrogen) atoms. The molecule has 0 aliphatic carbocycles. The van der Waals surface area contributed by atoms with E-state index in [0.29, 0.717) is 45.7 Å². The quantitative estimate of drug-likeness (QED) is 0.0242. The van der Waals surface area contributed by atoms with Crippen LogP contribution < -0.4 is 56.9 Å². The number of phenols is 6. The molecule has 0 fully saturated rings. The van der Waals surface area contributed by atoms with Crippen LogP contribution in [0.3, 0.4) is 0 Å². The third-order valence-electron chi connectivity index (χ3n) is 11.7. The van der Waals surface area contributed by atoms with Crippen molar-refractivity contribution in [3.05, 3.63) is 246 Å². The van der Waals surface area contributed by atoms with E-state index in [-0.39, 0.29) is 45.7 Å². The number of para-hydroxylation sites is 3. The van der Waals surface area contributed by atoms with Gasteiger partial charge in [-0.25, -0.2) is 14.6 Å². The monoisotopic (exact) mass is 1240 g/mol. The van der Waals surface area contributed by atoms with Gasteiger partial charge in [-0.15, -0.1) is 5.11 Å². The second-order valence-electron chi connectivity index (χ2n) is 18.9. The van der Waals surface area contributed by atoms with Crippen LogP contribution in [0.15, 0.2) is 223 Å². The molecule has 0 aliphatic rings. The Morgan fingerprint density at radius 2 is 1.01 bits per heavy atom. The SMILES string of the molecule is CCc1ccc(N)c(O)c1.CNc1ccc(O)cc1.COC(=O)c1cccc(C(=O)O)c1.Cc1cc(O)ccc1N.Cc1ccc(N)c(O)c1.Cc1cccc(N)c1O.Nc1ccc(N)cc1.Nc1ccc(N=Nc2ccccc2)c(N)n1.Nc1ccccc1O. The van der Waals surface area contributed by atoms with Gasteiger partial charge in [-0.2, -0.15) is 5.11 Å². The molecular formula is C68H81N13O10. The van der Waals surface area contributed by atoms with Crippen LogP contribution in [0.1, 0.15) is 49.9 Å². The van der Waals surface area contributed by atoms with Gasteiger partial charge in [0.15, 0.2) is 5.82 Å². The molecule has 1 aromatic heterocycles. The molecule has 1 heterocycles. The summed E-state index contributed by atoms with van der Waals surface area (Å²) in [7, 11) is 3.09. The molecule has 26 N–H and O–H groups in total. The van der Waals surface area contributed by atoms with Crippen LogP contribution in [0.25, 0.3) is 0 Å². The summed E-state index contributed by atoms with van der Waals surface area (Å²) >= 11 is 0. The fourth-order valence-electron chi connectivity index (χ4n) is 6.49. The Bertz CT molecular complexity index is 3730. The van der Waals surface area contributed by atoms with Crippen LogP contribution in [0, 0.1) is 20.8 Å². The first-order chi connectivity index (χ1) is 43.2. The highest BCUT2D eigenvalue weighted by Crippen LogP contribution is 2.25. The number of aromatic nitrogens is 1. The number of benzene rings is 9. The molecule has 9 aromatic carbocycles. The number of aromatic hydroxyl groups is 6. The highest BCUT2D eigenvalue weighted by Gasteiger charge is 2.09. The molecule has 0 atom stereocenters. The van der Waals surface area contributed by atoms with Gasteiger partial charge in [-0.05, 0) is 201 Å². The van der Waals surface area contributed by atoms with E-state index < -0.39 is 11.9 Å². The van der Waals surface area contributed by atoms with E-state index in [1.807, 2.05) is 101 Å². The number of carbonyl (C=O) groups is 2. The highest BCUT2D eigenvalue weighted by molar-refractivity contribution is 5.94. The van der Waals surface area contributed by atoms with Gasteiger partial charge in [0.2, 0.25) is 0 Å². The number of methoxy groups -OCH3 is 1. The van der Waals surface area contributed by atoms with Crippen molar-refractivity contribution in [1.29, 1.82) is 0 Å². The number of nitrogen functional groups attached to an aromatic ring is 9. The first-order valence-corrected chi connectivity index (χ1v) is 27.4. The Morgan fingerprint density at radius 3 is 1.48 bits per heavy atom. The standard InChI is InChI=1S/C11H11N5.C9H8O4.C8H11NO.4C7H9NO.C6H8N2.C6H7NO/c12-10-7-6-9(11(13)14-10)16-15-8-4-2-1-3-5-8;1-13-9(12)7-4-2-3-6(5-7)8(10)11;1-2-6-3-4-7(9)8(10)5-6;1-8-6-2-4-7(9)5-3-6;1-5-4-6(9)2-3-7(5)8;1-5-2-3-6(8)7(9)4-5;1-5-3-2-4-6(8)7(5)9;7-5-1-2-6(8)4-3-5;7-5-3-1-2-4-6(5)8/h1-7H,(H4,12,13,14);2-5H,1H3,(H,10,11);3-5,10H,2,9H2,1H3;2-5,8-9H,1H3;3*2-4,9H,8H2,1H3;1-4H,7-8H2;1-4,8H,7H2. The number of rotatable bonds is 6. The molecule has 10 rings (SSSR count). The summed E-state index contributed by atoms with van der Waals surface area (Å²) in [6.45, 7) is 7.60. The van der Waals surface area contributed by atoms with Gasteiger partial charge < -0.3 is 97.4 Å². The molecule has 23 nitrogen and oxygen atoms in total. The molecule has 0 unspecified atom stereocenters. The number of phenolic OH excluding ortho intramolecular Hbond substituents is 6. The van der Waals surface area contributed by atoms with Gasteiger partial charge >= 0.3 is 11.9 Å². The lowest BCUT2D eigenvalue weighted by atomic mass is 10.1. The number of hydrogen-bond acceptors (Lipinski definition) is 22. The lowest BCUT2D eigenvalue weighted by molar-refractivity contribution is 0.0600. The summed E-state index contributed by atoms with van der Waals surface area (Å²) < 4.78 is 4.44.